The number of sulfone groups is 1. The second kappa shape index (κ2) is 10.6. The van der Waals surface area contributed by atoms with Crippen LogP contribution in [0.25, 0.3) is 16.8 Å². The molecule has 0 fully saturated rings. The van der Waals surface area contributed by atoms with Gasteiger partial charge >= 0.3 is 6.18 Å². The molecule has 204 valence electrons. The van der Waals surface area contributed by atoms with E-state index < -0.39 is 21.7 Å². The number of benzene rings is 3. The number of aryl methyl sites for hydroxylation is 2. The van der Waals surface area contributed by atoms with Gasteiger partial charge in [-0.25, -0.2) is 19.2 Å². The van der Waals surface area contributed by atoms with Crippen molar-refractivity contribution in [2.45, 2.75) is 31.3 Å². The molecule has 1 aromatic heterocycles. The molecule has 0 atom stereocenters. The van der Waals surface area contributed by atoms with Gasteiger partial charge in [-0.1, -0.05) is 48.0 Å². The maximum absolute atomic E-state index is 13.4. The van der Waals surface area contributed by atoms with E-state index in [-0.39, 0.29) is 10.7 Å². The number of allylic oxidation sites excluding steroid dienone is 1. The van der Waals surface area contributed by atoms with E-state index in [1.54, 1.807) is 30.3 Å². The lowest BCUT2D eigenvalue weighted by molar-refractivity contribution is -0.141. The van der Waals surface area contributed by atoms with Crippen molar-refractivity contribution in [2.75, 3.05) is 11.3 Å². The fraction of sp³-hybridized carbons (Fsp3) is 0.179. The molecule has 39 heavy (non-hydrogen) atoms. The third-order valence-corrected chi connectivity index (χ3v) is 7.38. The highest BCUT2D eigenvalue weighted by Gasteiger charge is 2.34. The van der Waals surface area contributed by atoms with Crippen LogP contribution < -0.4 is 16.6 Å². The van der Waals surface area contributed by atoms with Gasteiger partial charge in [-0.15, -0.1) is 0 Å². The maximum atomic E-state index is 13.4. The normalized spacial score (nSPS) is 12.5. The van der Waals surface area contributed by atoms with Crippen molar-refractivity contribution in [2.24, 2.45) is 11.6 Å². The van der Waals surface area contributed by atoms with Crippen LogP contribution in [0.5, 0.6) is 0 Å². The first-order valence-electron chi connectivity index (χ1n) is 11.9. The molecule has 3 aromatic carbocycles. The molecule has 0 amide bonds. The van der Waals surface area contributed by atoms with E-state index in [9.17, 15) is 21.6 Å². The van der Waals surface area contributed by atoms with E-state index in [0.29, 0.717) is 34.6 Å². The Kier molecular flexibility index (Phi) is 7.58. The van der Waals surface area contributed by atoms with Crippen molar-refractivity contribution in [1.29, 1.82) is 0 Å². The summed E-state index contributed by atoms with van der Waals surface area (Å²) < 4.78 is 65.9. The Balaban J connectivity index is 1.86. The number of nitrogens with zero attached hydrogens (tertiary/aromatic N) is 3. The highest BCUT2D eigenvalue weighted by molar-refractivity contribution is 7.90. The summed E-state index contributed by atoms with van der Waals surface area (Å²) in [7, 11) is -3.46. The number of halogens is 3. The molecule has 0 radical (unpaired) electrons. The largest absolute Gasteiger partial charge is 0.434 e. The molecular formula is C28H28F3N5O2S. The molecule has 7 nitrogen and oxygen atoms in total. The van der Waals surface area contributed by atoms with Gasteiger partial charge < -0.3 is 10.3 Å². The van der Waals surface area contributed by atoms with Crippen LogP contribution in [0.1, 0.15) is 22.6 Å². The molecule has 0 saturated carbocycles. The molecule has 0 spiro atoms. The van der Waals surface area contributed by atoms with Crippen LogP contribution in [0.3, 0.4) is 0 Å². The lowest BCUT2D eigenvalue weighted by Crippen LogP contribution is -2.33. The predicted molar refractivity (Wildman–Crippen MR) is 146 cm³/mol. The molecule has 4 rings (SSSR count). The summed E-state index contributed by atoms with van der Waals surface area (Å²) in [5.74, 6) is 6.70. The minimum Gasteiger partial charge on any atom is -0.403 e. The molecule has 11 heteroatoms. The van der Waals surface area contributed by atoms with Crippen LogP contribution in [-0.2, 0) is 22.4 Å². The van der Waals surface area contributed by atoms with Gasteiger partial charge in [0.05, 0.1) is 22.0 Å². The Bertz CT molecular complexity index is 1640. The summed E-state index contributed by atoms with van der Waals surface area (Å²) in [4.78, 5) is 3.83. The lowest BCUT2D eigenvalue weighted by atomic mass is 10.0. The topological polar surface area (TPSA) is 107 Å². The summed E-state index contributed by atoms with van der Waals surface area (Å²) in [6.45, 7) is 3.44. The van der Waals surface area contributed by atoms with Gasteiger partial charge in [0, 0.05) is 25.1 Å². The quantitative estimate of drug-likeness (QED) is 0.237. The van der Waals surface area contributed by atoms with Gasteiger partial charge in [-0.2, -0.15) is 13.2 Å². The van der Waals surface area contributed by atoms with Crippen LogP contribution in [0.15, 0.2) is 89.7 Å². The third-order valence-electron chi connectivity index (χ3n) is 6.27. The molecular weight excluding hydrogens is 527 g/mol. The number of nitrogens with two attached hydrogens (primary N) is 2. The summed E-state index contributed by atoms with van der Waals surface area (Å²) in [6, 6.07) is 19.2. The van der Waals surface area contributed by atoms with Crippen LogP contribution in [0.4, 0.5) is 18.9 Å². The van der Waals surface area contributed by atoms with Gasteiger partial charge in [0.15, 0.2) is 15.5 Å². The van der Waals surface area contributed by atoms with Gasteiger partial charge in [0.1, 0.15) is 5.82 Å². The Morgan fingerprint density at radius 2 is 1.69 bits per heavy atom. The zero-order chi connectivity index (χ0) is 28.5. The number of anilines is 1. The number of hydrogen-bond acceptors (Lipinski definition) is 6. The summed E-state index contributed by atoms with van der Waals surface area (Å²) in [5.41, 5.74) is 9.33. The molecule has 0 aliphatic rings. The summed E-state index contributed by atoms with van der Waals surface area (Å²) >= 11 is 0. The number of alkyl halides is 3. The average molecular weight is 556 g/mol. The van der Waals surface area contributed by atoms with Crippen LogP contribution >= 0.6 is 0 Å². The number of hydrazine groups is 1. The predicted octanol–water partition coefficient (Wildman–Crippen LogP) is 5.30. The minimum absolute atomic E-state index is 0.112. The second-order valence-corrected chi connectivity index (χ2v) is 11.3. The van der Waals surface area contributed by atoms with Gasteiger partial charge in [-0.3, -0.25) is 5.01 Å². The standard InChI is InChI=1S/C28H28F3N5O2S/c1-18-7-9-20(10-8-18)13-23(16-32)36(33)26-15-22(21-5-4-6-24(14-21)39(3,37)38)11-12-25(26)35-17-27(28(29,30)31)34-19(35)2/h4-12,14-17H,13,32-33H2,1-3H3/b23-16-. The van der Waals surface area contributed by atoms with Crippen LogP contribution in [0.2, 0.25) is 0 Å². The molecule has 1 heterocycles. The fourth-order valence-corrected chi connectivity index (χ4v) is 4.82. The number of rotatable bonds is 7. The Hall–Kier alpha value is -4.09. The second-order valence-electron chi connectivity index (χ2n) is 9.23. The molecule has 0 aliphatic heterocycles. The van der Waals surface area contributed by atoms with Gasteiger partial charge in [-0.05, 0) is 54.8 Å². The smallest absolute Gasteiger partial charge is 0.403 e. The van der Waals surface area contributed by atoms with Crippen molar-refractivity contribution >= 4 is 15.5 Å². The average Bonchev–Trinajstić information content (AvgIpc) is 3.29. The zero-order valence-electron chi connectivity index (χ0n) is 21.6. The highest BCUT2D eigenvalue weighted by atomic mass is 32.2. The highest BCUT2D eigenvalue weighted by Crippen LogP contribution is 2.35. The lowest BCUT2D eigenvalue weighted by Gasteiger charge is -2.26. The van der Waals surface area contributed by atoms with Crippen molar-refractivity contribution in [1.82, 2.24) is 9.55 Å². The Morgan fingerprint density at radius 1 is 1.03 bits per heavy atom. The molecule has 0 unspecified atom stereocenters. The first kappa shape index (κ1) is 27.9. The van der Waals surface area contributed by atoms with Crippen molar-refractivity contribution in [3.8, 4) is 16.8 Å². The van der Waals surface area contributed by atoms with Gasteiger partial charge in [0.25, 0.3) is 0 Å². The monoisotopic (exact) mass is 555 g/mol. The fourth-order valence-electron chi connectivity index (χ4n) is 4.15. The number of imidazole rings is 1. The number of hydrogen-bond donors (Lipinski definition) is 2. The van der Waals surface area contributed by atoms with Crippen molar-refractivity contribution < 1.29 is 21.6 Å². The zero-order valence-corrected chi connectivity index (χ0v) is 22.4. The molecule has 4 N–H and O–H groups in total. The van der Waals surface area contributed by atoms with Crippen molar-refractivity contribution in [3.63, 3.8) is 0 Å². The maximum Gasteiger partial charge on any atom is 0.434 e. The third kappa shape index (κ3) is 6.15. The van der Waals surface area contributed by atoms with E-state index in [1.165, 1.54) is 34.8 Å². The number of aromatic nitrogens is 2. The summed E-state index contributed by atoms with van der Waals surface area (Å²) in [5, 5.41) is 1.33. The van der Waals surface area contributed by atoms with E-state index in [4.69, 9.17) is 11.6 Å². The summed E-state index contributed by atoms with van der Waals surface area (Å²) in [6.07, 6.45) is -0.887. The first-order chi connectivity index (χ1) is 18.3. The Morgan fingerprint density at radius 3 is 2.28 bits per heavy atom. The van der Waals surface area contributed by atoms with E-state index in [0.717, 1.165) is 23.6 Å². The van der Waals surface area contributed by atoms with Crippen molar-refractivity contribution in [3.05, 3.63) is 107 Å². The Labute approximate surface area is 225 Å². The van der Waals surface area contributed by atoms with Gasteiger partial charge in [0.2, 0.25) is 0 Å². The molecule has 0 bridgehead atoms. The SMILES string of the molecule is Cc1ccc(C/C(=C/N)N(N)c2cc(-c3cccc(S(C)(=O)=O)c3)ccc2-n2cc(C(F)(F)F)nc2C)cc1. The van der Waals surface area contributed by atoms with Crippen LogP contribution in [-0.4, -0.2) is 24.2 Å². The van der Waals surface area contributed by atoms with Crippen LogP contribution in [0, 0.1) is 13.8 Å². The molecule has 0 saturated heterocycles. The minimum atomic E-state index is -4.63. The van der Waals surface area contributed by atoms with E-state index in [2.05, 4.69) is 4.98 Å². The first-order valence-corrected chi connectivity index (χ1v) is 13.8. The van der Waals surface area contributed by atoms with E-state index in [1.807, 2.05) is 31.2 Å². The molecule has 0 aliphatic carbocycles. The molecule has 4 aromatic rings. The van der Waals surface area contributed by atoms with E-state index >= 15 is 0 Å².